The van der Waals surface area contributed by atoms with Gasteiger partial charge in [0, 0.05) is 5.02 Å². The zero-order chi connectivity index (χ0) is 16.2. The number of rotatable bonds is 6. The number of hydrogen-bond donors (Lipinski definition) is 2. The molecule has 0 radical (unpaired) electrons. The van der Waals surface area contributed by atoms with E-state index in [-0.39, 0.29) is 17.9 Å². The molecule has 0 heterocycles. The van der Waals surface area contributed by atoms with Crippen LogP contribution in [0, 0.1) is 5.92 Å². The summed E-state index contributed by atoms with van der Waals surface area (Å²) in [7, 11) is -3.43. The summed E-state index contributed by atoms with van der Waals surface area (Å²) in [6, 6.07) is 6.15. The van der Waals surface area contributed by atoms with Gasteiger partial charge < -0.3 is 5.32 Å². The predicted octanol–water partition coefficient (Wildman–Crippen LogP) is 2.09. The Morgan fingerprint density at radius 3 is 2.24 bits per heavy atom. The lowest BCUT2D eigenvalue weighted by Gasteiger charge is -2.25. The number of halogens is 1. The Morgan fingerprint density at radius 2 is 1.76 bits per heavy atom. The molecule has 0 aliphatic heterocycles. The molecule has 0 aliphatic rings. The summed E-state index contributed by atoms with van der Waals surface area (Å²) in [5, 5.41) is 3.42. The second kappa shape index (κ2) is 7.24. The fourth-order valence-corrected chi connectivity index (χ4v) is 2.99. The second-order valence-corrected chi connectivity index (χ2v) is 7.55. The zero-order valence-corrected chi connectivity index (χ0v) is 14.1. The third-order valence-electron chi connectivity index (χ3n) is 2.99. The third kappa shape index (κ3) is 5.65. The lowest BCUT2D eigenvalue weighted by atomic mass is 9.95. The van der Waals surface area contributed by atoms with E-state index in [4.69, 9.17) is 11.6 Å². The summed E-state index contributed by atoms with van der Waals surface area (Å²) in [4.78, 5) is 12.1. The number of carbonyl (C=O) groups excluding carboxylic acids is 1. The molecule has 7 heteroatoms. The van der Waals surface area contributed by atoms with Crippen molar-refractivity contribution in [2.45, 2.75) is 32.9 Å². The highest BCUT2D eigenvalue weighted by molar-refractivity contribution is 7.88. The topological polar surface area (TPSA) is 75.3 Å². The van der Waals surface area contributed by atoms with Crippen molar-refractivity contribution in [3.8, 4) is 0 Å². The van der Waals surface area contributed by atoms with Gasteiger partial charge in [0.1, 0.15) is 0 Å². The molecule has 0 bridgehead atoms. The van der Waals surface area contributed by atoms with Gasteiger partial charge in [0.25, 0.3) is 0 Å². The number of nitrogens with one attached hydrogen (secondary N) is 2. The van der Waals surface area contributed by atoms with Crippen molar-refractivity contribution in [2.24, 2.45) is 5.92 Å². The largest absolute Gasteiger partial charge is 0.348 e. The Kier molecular flexibility index (Phi) is 6.19. The summed E-state index contributed by atoms with van der Waals surface area (Å²) >= 11 is 6.17. The van der Waals surface area contributed by atoms with E-state index in [9.17, 15) is 13.2 Å². The SMILES string of the molecule is CC(C)[C@H](NC(=O)[C@@H](C)NS(C)(=O)=O)c1ccccc1Cl. The summed E-state index contributed by atoms with van der Waals surface area (Å²) < 4.78 is 24.6. The van der Waals surface area contributed by atoms with Crippen molar-refractivity contribution >= 4 is 27.5 Å². The Balaban J connectivity index is 2.90. The van der Waals surface area contributed by atoms with Gasteiger partial charge in [-0.3, -0.25) is 4.79 Å². The maximum absolute atomic E-state index is 12.1. The van der Waals surface area contributed by atoms with Gasteiger partial charge in [-0.05, 0) is 24.5 Å². The molecule has 1 aromatic carbocycles. The summed E-state index contributed by atoms with van der Waals surface area (Å²) in [6.07, 6.45) is 1.02. The van der Waals surface area contributed by atoms with E-state index in [0.717, 1.165) is 11.8 Å². The van der Waals surface area contributed by atoms with Gasteiger partial charge in [-0.1, -0.05) is 43.6 Å². The van der Waals surface area contributed by atoms with Gasteiger partial charge in [-0.15, -0.1) is 0 Å². The van der Waals surface area contributed by atoms with Crippen molar-refractivity contribution in [3.05, 3.63) is 34.9 Å². The highest BCUT2D eigenvalue weighted by Crippen LogP contribution is 2.28. The normalized spacial score (nSPS) is 14.8. The van der Waals surface area contributed by atoms with E-state index in [0.29, 0.717) is 5.02 Å². The Bertz CT molecular complexity index is 602. The number of benzene rings is 1. The maximum Gasteiger partial charge on any atom is 0.238 e. The second-order valence-electron chi connectivity index (χ2n) is 5.36. The molecule has 21 heavy (non-hydrogen) atoms. The molecule has 1 amide bonds. The smallest absolute Gasteiger partial charge is 0.238 e. The van der Waals surface area contributed by atoms with Crippen LogP contribution in [0.15, 0.2) is 24.3 Å². The molecule has 2 N–H and O–H groups in total. The lowest BCUT2D eigenvalue weighted by molar-refractivity contribution is -0.123. The van der Waals surface area contributed by atoms with Gasteiger partial charge in [-0.2, -0.15) is 0 Å². The van der Waals surface area contributed by atoms with Crippen LogP contribution in [0.4, 0.5) is 0 Å². The number of amides is 1. The van der Waals surface area contributed by atoms with Crippen LogP contribution in [0.5, 0.6) is 0 Å². The Labute approximate surface area is 131 Å². The first-order valence-electron chi connectivity index (χ1n) is 6.64. The van der Waals surface area contributed by atoms with Crippen LogP contribution < -0.4 is 10.0 Å². The highest BCUT2D eigenvalue weighted by atomic mass is 35.5. The van der Waals surface area contributed by atoms with E-state index in [1.165, 1.54) is 6.92 Å². The standard InChI is InChI=1S/C14H21ClN2O3S/c1-9(2)13(11-7-5-6-8-12(11)15)16-14(18)10(3)17-21(4,19)20/h5-10,13,17H,1-4H3,(H,16,18)/t10-,13+/m1/s1. The van der Waals surface area contributed by atoms with E-state index in [2.05, 4.69) is 10.0 Å². The monoisotopic (exact) mass is 332 g/mol. The van der Waals surface area contributed by atoms with Gasteiger partial charge in [0.15, 0.2) is 0 Å². The van der Waals surface area contributed by atoms with Gasteiger partial charge >= 0.3 is 0 Å². The quantitative estimate of drug-likeness (QED) is 0.837. The molecule has 0 unspecified atom stereocenters. The first-order chi connectivity index (χ1) is 9.61. The third-order valence-corrected chi connectivity index (χ3v) is 4.11. The van der Waals surface area contributed by atoms with E-state index in [1.54, 1.807) is 6.07 Å². The molecular weight excluding hydrogens is 312 g/mol. The summed E-state index contributed by atoms with van der Waals surface area (Å²) in [6.45, 7) is 5.42. The molecule has 0 aromatic heterocycles. The molecule has 118 valence electrons. The molecule has 1 aromatic rings. The Hall–Kier alpha value is -1.11. The minimum absolute atomic E-state index is 0.110. The molecular formula is C14H21ClN2O3S. The predicted molar refractivity (Wildman–Crippen MR) is 84.6 cm³/mol. The lowest BCUT2D eigenvalue weighted by Crippen LogP contribution is -2.46. The van der Waals surface area contributed by atoms with Crippen molar-refractivity contribution in [3.63, 3.8) is 0 Å². The van der Waals surface area contributed by atoms with Gasteiger partial charge in [0.2, 0.25) is 15.9 Å². The molecule has 5 nitrogen and oxygen atoms in total. The number of hydrogen-bond acceptors (Lipinski definition) is 3. The number of sulfonamides is 1. The van der Waals surface area contributed by atoms with Crippen molar-refractivity contribution in [1.29, 1.82) is 0 Å². The fraction of sp³-hybridized carbons (Fsp3) is 0.500. The molecule has 2 atom stereocenters. The molecule has 0 fully saturated rings. The average Bonchev–Trinajstić information content (AvgIpc) is 2.34. The zero-order valence-electron chi connectivity index (χ0n) is 12.6. The van der Waals surface area contributed by atoms with Crippen LogP contribution in [0.2, 0.25) is 5.02 Å². The minimum atomic E-state index is -3.43. The minimum Gasteiger partial charge on any atom is -0.348 e. The van der Waals surface area contributed by atoms with Crippen LogP contribution in [0.1, 0.15) is 32.4 Å². The number of carbonyl (C=O) groups is 1. The molecule has 0 aliphatic carbocycles. The van der Waals surface area contributed by atoms with Crippen molar-refractivity contribution in [2.75, 3.05) is 6.26 Å². The first kappa shape index (κ1) is 17.9. The average molecular weight is 333 g/mol. The fourth-order valence-electron chi connectivity index (χ4n) is 1.98. The van der Waals surface area contributed by atoms with Crippen LogP contribution >= 0.6 is 11.6 Å². The first-order valence-corrected chi connectivity index (χ1v) is 8.91. The van der Waals surface area contributed by atoms with Crippen molar-refractivity contribution < 1.29 is 13.2 Å². The molecule has 1 rings (SSSR count). The highest BCUT2D eigenvalue weighted by Gasteiger charge is 2.24. The molecule has 0 saturated carbocycles. The molecule has 0 spiro atoms. The van der Waals surface area contributed by atoms with Crippen LogP contribution in [-0.2, 0) is 14.8 Å². The maximum atomic E-state index is 12.1. The van der Waals surface area contributed by atoms with Crippen LogP contribution in [0.25, 0.3) is 0 Å². The van der Waals surface area contributed by atoms with Gasteiger partial charge in [0.05, 0.1) is 18.3 Å². The van der Waals surface area contributed by atoms with E-state index < -0.39 is 16.1 Å². The van der Waals surface area contributed by atoms with Crippen LogP contribution in [-0.4, -0.2) is 26.6 Å². The Morgan fingerprint density at radius 1 is 1.19 bits per heavy atom. The summed E-state index contributed by atoms with van der Waals surface area (Å²) in [5.41, 5.74) is 0.814. The van der Waals surface area contributed by atoms with E-state index in [1.807, 2.05) is 32.0 Å². The van der Waals surface area contributed by atoms with E-state index >= 15 is 0 Å². The van der Waals surface area contributed by atoms with Gasteiger partial charge in [-0.25, -0.2) is 13.1 Å². The van der Waals surface area contributed by atoms with Crippen molar-refractivity contribution in [1.82, 2.24) is 10.0 Å². The summed E-state index contributed by atoms with van der Waals surface area (Å²) in [5.74, 6) is -0.279. The van der Waals surface area contributed by atoms with Crippen LogP contribution in [0.3, 0.4) is 0 Å². The molecule has 0 saturated heterocycles.